The van der Waals surface area contributed by atoms with Gasteiger partial charge in [-0.2, -0.15) is 0 Å². The fourth-order valence-corrected chi connectivity index (χ4v) is 6.49. The van der Waals surface area contributed by atoms with Crippen molar-refractivity contribution in [2.75, 3.05) is 0 Å². The molecule has 0 atom stereocenters. The van der Waals surface area contributed by atoms with Crippen molar-refractivity contribution in [3.05, 3.63) is 6.20 Å². The summed E-state index contributed by atoms with van der Waals surface area (Å²) >= 11 is 1.97. The molecule has 0 fully saturated rings. The third-order valence-electron chi connectivity index (χ3n) is 1.56. The van der Waals surface area contributed by atoms with Crippen LogP contribution in [-0.2, 0) is 0 Å². The first kappa shape index (κ1) is 12.0. The SMILES string of the molecule is C[Si](C)(C)Sc1cnnn1[Si](C)(C)C. The van der Waals surface area contributed by atoms with Crippen LogP contribution in [0.15, 0.2) is 11.2 Å². The fraction of sp³-hybridized carbons (Fsp3) is 0.750. The van der Waals surface area contributed by atoms with Gasteiger partial charge in [0.1, 0.15) is 7.22 Å². The predicted molar refractivity (Wildman–Crippen MR) is 68.0 cm³/mol. The van der Waals surface area contributed by atoms with Crippen molar-refractivity contribution in [2.45, 2.75) is 44.3 Å². The lowest BCUT2D eigenvalue weighted by molar-refractivity contribution is 0.800. The summed E-state index contributed by atoms with van der Waals surface area (Å²) in [7, 11) is -2.51. The molecule has 3 nitrogen and oxygen atoms in total. The lowest BCUT2D eigenvalue weighted by Crippen LogP contribution is -2.34. The van der Waals surface area contributed by atoms with Crippen LogP contribution in [0.5, 0.6) is 0 Å². The summed E-state index contributed by atoms with van der Waals surface area (Å²) in [5.74, 6) is 0. The first-order chi connectivity index (χ1) is 6.20. The number of aromatic nitrogens is 3. The largest absolute Gasteiger partial charge is 0.270 e. The first-order valence-corrected chi connectivity index (χ1v) is 13.3. The molecule has 0 saturated heterocycles. The van der Waals surface area contributed by atoms with Crippen LogP contribution in [0.3, 0.4) is 0 Å². The summed E-state index contributed by atoms with van der Waals surface area (Å²) in [4.78, 5) is 0. The Labute approximate surface area is 92.0 Å². The normalized spacial score (nSPS) is 13.3. The Balaban J connectivity index is 2.95. The smallest absolute Gasteiger partial charge is 0.179 e. The predicted octanol–water partition coefficient (Wildman–Crippen LogP) is 2.89. The van der Waals surface area contributed by atoms with Crippen LogP contribution < -0.4 is 0 Å². The molecule has 0 saturated carbocycles. The monoisotopic (exact) mass is 245 g/mol. The van der Waals surface area contributed by atoms with Gasteiger partial charge in [-0.15, -0.1) is 16.3 Å². The van der Waals surface area contributed by atoms with E-state index in [-0.39, 0.29) is 0 Å². The minimum Gasteiger partial charge on any atom is -0.270 e. The van der Waals surface area contributed by atoms with Crippen molar-refractivity contribution in [1.29, 1.82) is 0 Å². The molecule has 0 spiro atoms. The highest BCUT2D eigenvalue weighted by atomic mass is 32.4. The third-order valence-corrected chi connectivity index (χ3v) is 6.89. The van der Waals surface area contributed by atoms with Crippen molar-refractivity contribution in [2.24, 2.45) is 0 Å². The topological polar surface area (TPSA) is 30.7 Å². The molecule has 0 N–H and O–H groups in total. The second kappa shape index (κ2) is 3.82. The van der Waals surface area contributed by atoms with Gasteiger partial charge < -0.3 is 0 Å². The van der Waals surface area contributed by atoms with Crippen LogP contribution >= 0.6 is 11.2 Å². The molecule has 1 aromatic rings. The zero-order valence-corrected chi connectivity index (χ0v) is 12.6. The zero-order valence-electron chi connectivity index (χ0n) is 9.83. The number of rotatable bonds is 3. The third kappa shape index (κ3) is 3.25. The molecule has 0 radical (unpaired) electrons. The molecule has 1 aromatic heterocycles. The number of nitrogens with zero attached hydrogens (tertiary/aromatic N) is 3. The standard InChI is InChI=1S/C8H19N3SSi2/c1-13(2,3)11-8(7-9-10-11)12-14(4,5)6/h7H,1-6H3. The molecule has 0 amide bonds. The highest BCUT2D eigenvalue weighted by Crippen LogP contribution is 2.29. The summed E-state index contributed by atoms with van der Waals surface area (Å²) < 4.78 is 2.15. The minimum absolute atomic E-state index is 1.13. The average Bonchev–Trinajstić information content (AvgIpc) is 2.29. The van der Waals surface area contributed by atoms with Gasteiger partial charge in [0.25, 0.3) is 0 Å². The summed E-state index contributed by atoms with van der Waals surface area (Å²) in [5, 5.41) is 9.48. The summed E-state index contributed by atoms with van der Waals surface area (Å²) in [5.41, 5.74) is 0. The molecule has 80 valence electrons. The summed E-state index contributed by atoms with van der Waals surface area (Å²) in [6.45, 7) is 13.9. The van der Waals surface area contributed by atoms with E-state index < -0.39 is 15.5 Å². The van der Waals surface area contributed by atoms with E-state index in [1.54, 1.807) is 0 Å². The van der Waals surface area contributed by atoms with Gasteiger partial charge in [-0.05, 0) is 19.6 Å². The summed E-state index contributed by atoms with van der Waals surface area (Å²) in [6, 6.07) is 0. The fourth-order valence-electron chi connectivity index (χ4n) is 1.07. The lowest BCUT2D eigenvalue weighted by atomic mass is 11.0. The van der Waals surface area contributed by atoms with Crippen molar-refractivity contribution in [3.8, 4) is 0 Å². The van der Waals surface area contributed by atoms with E-state index in [1.807, 2.05) is 17.4 Å². The van der Waals surface area contributed by atoms with E-state index in [2.05, 4.69) is 53.9 Å². The van der Waals surface area contributed by atoms with Gasteiger partial charge in [0, 0.05) is 0 Å². The van der Waals surface area contributed by atoms with Gasteiger partial charge in [0.15, 0.2) is 8.24 Å². The van der Waals surface area contributed by atoms with Crippen molar-refractivity contribution in [3.63, 3.8) is 0 Å². The van der Waals surface area contributed by atoms with E-state index in [9.17, 15) is 0 Å². The maximum Gasteiger partial charge on any atom is 0.179 e. The Bertz CT molecular complexity index is 311. The van der Waals surface area contributed by atoms with Crippen LogP contribution in [0, 0.1) is 0 Å². The first-order valence-electron chi connectivity index (χ1n) is 4.80. The van der Waals surface area contributed by atoms with Gasteiger partial charge in [-0.3, -0.25) is 4.35 Å². The summed E-state index contributed by atoms with van der Waals surface area (Å²) in [6.07, 6.45) is 1.90. The van der Waals surface area contributed by atoms with Crippen LogP contribution in [-0.4, -0.2) is 30.1 Å². The molecule has 0 aromatic carbocycles. The second-order valence-corrected chi connectivity index (χ2v) is 19.3. The molecule has 0 aliphatic rings. The van der Waals surface area contributed by atoms with Gasteiger partial charge >= 0.3 is 0 Å². The van der Waals surface area contributed by atoms with Crippen LogP contribution in [0.2, 0.25) is 39.3 Å². The van der Waals surface area contributed by atoms with Crippen LogP contribution in [0.1, 0.15) is 0 Å². The van der Waals surface area contributed by atoms with E-state index in [0.29, 0.717) is 0 Å². The second-order valence-electron chi connectivity index (χ2n) is 5.37. The molecule has 0 aliphatic heterocycles. The van der Waals surface area contributed by atoms with Gasteiger partial charge in [0.2, 0.25) is 0 Å². The molecule has 0 bridgehead atoms. The Kier molecular flexibility index (Phi) is 3.28. The van der Waals surface area contributed by atoms with Crippen molar-refractivity contribution in [1.82, 2.24) is 14.7 Å². The van der Waals surface area contributed by atoms with E-state index in [4.69, 9.17) is 0 Å². The highest BCUT2D eigenvalue weighted by Gasteiger charge is 2.25. The van der Waals surface area contributed by atoms with Crippen molar-refractivity contribution >= 4 is 26.7 Å². The molecule has 1 rings (SSSR count). The van der Waals surface area contributed by atoms with E-state index >= 15 is 0 Å². The molecule has 1 heterocycles. The van der Waals surface area contributed by atoms with Gasteiger partial charge in [0.05, 0.1) is 11.2 Å². The van der Waals surface area contributed by atoms with Crippen LogP contribution in [0.25, 0.3) is 0 Å². The maximum atomic E-state index is 4.20. The molecule has 6 heteroatoms. The number of hydrogen-bond donors (Lipinski definition) is 0. The van der Waals surface area contributed by atoms with Crippen molar-refractivity contribution < 1.29 is 0 Å². The quantitative estimate of drug-likeness (QED) is 0.767. The van der Waals surface area contributed by atoms with E-state index in [0.717, 1.165) is 0 Å². The molecule has 14 heavy (non-hydrogen) atoms. The Morgan fingerprint density at radius 2 is 1.71 bits per heavy atom. The molecule has 0 aliphatic carbocycles. The molecular formula is C8H19N3SSi2. The number of hydrogen-bond acceptors (Lipinski definition) is 3. The van der Waals surface area contributed by atoms with E-state index in [1.165, 1.54) is 5.03 Å². The Morgan fingerprint density at radius 1 is 1.14 bits per heavy atom. The molecular weight excluding hydrogens is 226 g/mol. The average molecular weight is 245 g/mol. The Morgan fingerprint density at radius 3 is 2.14 bits per heavy atom. The maximum absolute atomic E-state index is 4.20. The highest BCUT2D eigenvalue weighted by molar-refractivity contribution is 8.28. The lowest BCUT2D eigenvalue weighted by Gasteiger charge is -2.21. The minimum atomic E-state index is -1.38. The van der Waals surface area contributed by atoms with Gasteiger partial charge in [-0.25, -0.2) is 0 Å². The van der Waals surface area contributed by atoms with Crippen LogP contribution in [0.4, 0.5) is 0 Å². The Hall–Kier alpha value is -0.0762. The zero-order chi connectivity index (χ0) is 11.0. The molecule has 0 unspecified atom stereocenters. The van der Waals surface area contributed by atoms with Gasteiger partial charge in [-0.1, -0.05) is 24.9 Å².